The van der Waals surface area contributed by atoms with Crippen molar-refractivity contribution in [2.45, 2.75) is 26.3 Å². The molecule has 2 rings (SSSR count). The molecule has 0 radical (unpaired) electrons. The van der Waals surface area contributed by atoms with Crippen molar-refractivity contribution in [3.63, 3.8) is 0 Å². The molecule has 25 heavy (non-hydrogen) atoms. The lowest BCUT2D eigenvalue weighted by Gasteiger charge is -2.26. The van der Waals surface area contributed by atoms with Gasteiger partial charge < -0.3 is 15.0 Å². The Bertz CT molecular complexity index is 478. The average molecular weight is 460 g/mol. The molecule has 1 aromatic rings. The van der Waals surface area contributed by atoms with E-state index in [1.165, 1.54) is 12.0 Å². The van der Waals surface area contributed by atoms with E-state index in [4.69, 9.17) is 9.73 Å². The summed E-state index contributed by atoms with van der Waals surface area (Å²) in [6.07, 6.45) is 2.33. The molecule has 1 heterocycles. The summed E-state index contributed by atoms with van der Waals surface area (Å²) >= 11 is 0. The van der Waals surface area contributed by atoms with E-state index in [0.717, 1.165) is 64.9 Å². The number of morpholine rings is 1. The molecule has 1 aliphatic rings. The van der Waals surface area contributed by atoms with Crippen LogP contribution in [0.25, 0.3) is 0 Å². The lowest BCUT2D eigenvalue weighted by molar-refractivity contribution is 0.0373. The molecule has 0 amide bonds. The van der Waals surface area contributed by atoms with Crippen LogP contribution in [0.4, 0.5) is 0 Å². The minimum Gasteiger partial charge on any atom is -0.379 e. The maximum atomic E-state index is 5.38. The second-order valence-electron chi connectivity index (χ2n) is 6.24. The Morgan fingerprint density at radius 2 is 1.92 bits per heavy atom. The van der Waals surface area contributed by atoms with Crippen LogP contribution in [-0.4, -0.2) is 68.7 Å². The quantitative estimate of drug-likeness (QED) is 0.281. The van der Waals surface area contributed by atoms with Crippen molar-refractivity contribution in [2.75, 3.05) is 53.0 Å². The Balaban J connectivity index is 0.00000312. The van der Waals surface area contributed by atoms with Crippen molar-refractivity contribution in [2.24, 2.45) is 4.99 Å². The fourth-order valence-corrected chi connectivity index (χ4v) is 2.86. The first kappa shape index (κ1) is 22.2. The van der Waals surface area contributed by atoms with Gasteiger partial charge in [0.1, 0.15) is 0 Å². The SMILES string of the molecule is CCNC(=NCCCCN1CCOCC1)N(C)Cc1ccccc1.I. The number of unbranched alkanes of at least 4 members (excludes halogenated alkanes) is 1. The highest BCUT2D eigenvalue weighted by molar-refractivity contribution is 14.0. The van der Waals surface area contributed by atoms with E-state index in [1.807, 2.05) is 0 Å². The number of benzene rings is 1. The molecule has 0 atom stereocenters. The van der Waals surface area contributed by atoms with Crippen molar-refractivity contribution in [3.8, 4) is 0 Å². The van der Waals surface area contributed by atoms with E-state index in [1.54, 1.807) is 0 Å². The second kappa shape index (κ2) is 13.4. The third-order valence-corrected chi connectivity index (χ3v) is 4.21. The maximum Gasteiger partial charge on any atom is 0.193 e. The first-order valence-corrected chi connectivity index (χ1v) is 9.13. The van der Waals surface area contributed by atoms with E-state index in [9.17, 15) is 0 Å². The normalized spacial score (nSPS) is 15.5. The van der Waals surface area contributed by atoms with Crippen molar-refractivity contribution < 1.29 is 4.74 Å². The number of ether oxygens (including phenoxy) is 1. The molecule has 6 heteroatoms. The van der Waals surface area contributed by atoms with E-state index >= 15 is 0 Å². The third kappa shape index (κ3) is 8.87. The van der Waals surface area contributed by atoms with Crippen LogP contribution in [0.5, 0.6) is 0 Å². The number of nitrogens with one attached hydrogen (secondary N) is 1. The molecule has 1 N–H and O–H groups in total. The predicted molar refractivity (Wildman–Crippen MR) is 116 cm³/mol. The fourth-order valence-electron chi connectivity index (χ4n) is 2.86. The number of aliphatic imine (C=N–C) groups is 1. The van der Waals surface area contributed by atoms with Gasteiger partial charge in [0.2, 0.25) is 0 Å². The molecular weight excluding hydrogens is 427 g/mol. The Morgan fingerprint density at radius 3 is 2.60 bits per heavy atom. The van der Waals surface area contributed by atoms with Crippen LogP contribution in [0.1, 0.15) is 25.3 Å². The van der Waals surface area contributed by atoms with Crippen LogP contribution >= 0.6 is 24.0 Å². The zero-order valence-corrected chi connectivity index (χ0v) is 17.9. The maximum absolute atomic E-state index is 5.38. The Hall–Kier alpha value is -0.860. The van der Waals surface area contributed by atoms with Gasteiger partial charge in [-0.1, -0.05) is 30.3 Å². The summed E-state index contributed by atoms with van der Waals surface area (Å²) in [6.45, 7) is 9.84. The molecule has 0 bridgehead atoms. The monoisotopic (exact) mass is 460 g/mol. The van der Waals surface area contributed by atoms with Crippen LogP contribution in [0.15, 0.2) is 35.3 Å². The number of hydrogen-bond acceptors (Lipinski definition) is 3. The number of rotatable bonds is 8. The van der Waals surface area contributed by atoms with E-state index in [-0.39, 0.29) is 24.0 Å². The smallest absolute Gasteiger partial charge is 0.193 e. The van der Waals surface area contributed by atoms with Gasteiger partial charge in [0.15, 0.2) is 5.96 Å². The summed E-state index contributed by atoms with van der Waals surface area (Å²) < 4.78 is 5.38. The molecule has 5 nitrogen and oxygen atoms in total. The first-order valence-electron chi connectivity index (χ1n) is 9.13. The minimum atomic E-state index is 0. The van der Waals surface area contributed by atoms with E-state index in [0.29, 0.717) is 0 Å². The van der Waals surface area contributed by atoms with Gasteiger partial charge in [-0.25, -0.2) is 0 Å². The fraction of sp³-hybridized carbons (Fsp3) is 0.632. The van der Waals surface area contributed by atoms with Gasteiger partial charge in [-0.2, -0.15) is 0 Å². The van der Waals surface area contributed by atoms with Crippen LogP contribution in [0.2, 0.25) is 0 Å². The topological polar surface area (TPSA) is 40.1 Å². The number of guanidine groups is 1. The number of halogens is 1. The van der Waals surface area contributed by atoms with Crippen LogP contribution in [0, 0.1) is 0 Å². The van der Waals surface area contributed by atoms with Gasteiger partial charge in [-0.15, -0.1) is 24.0 Å². The zero-order valence-electron chi connectivity index (χ0n) is 15.6. The van der Waals surface area contributed by atoms with Crippen molar-refractivity contribution in [1.29, 1.82) is 0 Å². The number of hydrogen-bond donors (Lipinski definition) is 1. The molecule has 0 unspecified atom stereocenters. The van der Waals surface area contributed by atoms with Gasteiger partial charge in [0.25, 0.3) is 0 Å². The molecule has 1 saturated heterocycles. The Kier molecular flexibility index (Phi) is 11.9. The predicted octanol–water partition coefficient (Wildman–Crippen LogP) is 2.81. The summed E-state index contributed by atoms with van der Waals surface area (Å²) in [4.78, 5) is 9.46. The van der Waals surface area contributed by atoms with Gasteiger partial charge >= 0.3 is 0 Å². The van der Waals surface area contributed by atoms with Crippen LogP contribution in [0.3, 0.4) is 0 Å². The lowest BCUT2D eigenvalue weighted by atomic mass is 10.2. The Labute approximate surface area is 169 Å². The van der Waals surface area contributed by atoms with E-state index in [2.05, 4.69) is 59.4 Å². The highest BCUT2D eigenvalue weighted by Crippen LogP contribution is 2.04. The van der Waals surface area contributed by atoms with Crippen molar-refractivity contribution >= 4 is 29.9 Å². The molecule has 0 aromatic heterocycles. The summed E-state index contributed by atoms with van der Waals surface area (Å²) in [5.74, 6) is 0.993. The first-order chi connectivity index (χ1) is 11.8. The molecule has 0 spiro atoms. The Morgan fingerprint density at radius 1 is 1.20 bits per heavy atom. The van der Waals surface area contributed by atoms with Gasteiger partial charge in [-0.05, 0) is 31.9 Å². The highest BCUT2D eigenvalue weighted by Gasteiger charge is 2.09. The highest BCUT2D eigenvalue weighted by atomic mass is 127. The molecule has 1 fully saturated rings. The number of nitrogens with zero attached hydrogens (tertiary/aromatic N) is 3. The average Bonchev–Trinajstić information content (AvgIpc) is 2.62. The largest absolute Gasteiger partial charge is 0.379 e. The summed E-state index contributed by atoms with van der Waals surface area (Å²) in [6, 6.07) is 10.5. The zero-order chi connectivity index (χ0) is 17.0. The summed E-state index contributed by atoms with van der Waals surface area (Å²) in [5, 5.41) is 3.39. The molecule has 142 valence electrons. The minimum absolute atomic E-state index is 0. The molecule has 0 saturated carbocycles. The summed E-state index contributed by atoms with van der Waals surface area (Å²) in [7, 11) is 2.10. The molecular formula is C19H33IN4O. The molecule has 1 aliphatic heterocycles. The van der Waals surface area contributed by atoms with Crippen LogP contribution in [-0.2, 0) is 11.3 Å². The van der Waals surface area contributed by atoms with Gasteiger partial charge in [0.05, 0.1) is 13.2 Å². The van der Waals surface area contributed by atoms with E-state index < -0.39 is 0 Å². The molecule has 1 aromatic carbocycles. The van der Waals surface area contributed by atoms with Crippen molar-refractivity contribution in [3.05, 3.63) is 35.9 Å². The summed E-state index contributed by atoms with van der Waals surface area (Å²) in [5.41, 5.74) is 1.30. The standard InChI is InChI=1S/C19H32N4O.HI/c1-3-20-19(22(2)17-18-9-5-4-6-10-18)21-11-7-8-12-23-13-15-24-16-14-23;/h4-6,9-10H,3,7-8,11-17H2,1-2H3,(H,20,21);1H. The lowest BCUT2D eigenvalue weighted by Crippen LogP contribution is -2.38. The van der Waals surface area contributed by atoms with Crippen LogP contribution < -0.4 is 5.32 Å². The van der Waals surface area contributed by atoms with Crippen molar-refractivity contribution in [1.82, 2.24) is 15.1 Å². The second-order valence-corrected chi connectivity index (χ2v) is 6.24. The van der Waals surface area contributed by atoms with Gasteiger partial charge in [0, 0.05) is 39.8 Å². The third-order valence-electron chi connectivity index (χ3n) is 4.21. The van der Waals surface area contributed by atoms with Gasteiger partial charge in [-0.3, -0.25) is 9.89 Å². The molecule has 0 aliphatic carbocycles.